The third kappa shape index (κ3) is 2.14. The molecule has 1 aliphatic rings. The van der Waals surface area contributed by atoms with E-state index in [2.05, 4.69) is 22.4 Å². The summed E-state index contributed by atoms with van der Waals surface area (Å²) in [5.41, 5.74) is 3.56. The summed E-state index contributed by atoms with van der Waals surface area (Å²) in [6.45, 7) is 3.97. The smallest absolute Gasteiger partial charge is 0.129 e. The molecule has 0 bridgehead atoms. The summed E-state index contributed by atoms with van der Waals surface area (Å²) in [5, 5.41) is 3.87. The summed E-state index contributed by atoms with van der Waals surface area (Å²) in [4.78, 5) is 4.15. The van der Waals surface area contributed by atoms with Gasteiger partial charge < -0.3 is 5.32 Å². The first-order valence-corrected chi connectivity index (χ1v) is 5.18. The van der Waals surface area contributed by atoms with Crippen molar-refractivity contribution in [2.75, 3.05) is 13.1 Å². The number of hydrogen-bond donors (Lipinski definition) is 1. The van der Waals surface area contributed by atoms with Crippen LogP contribution in [0.25, 0.3) is 5.57 Å². The van der Waals surface area contributed by atoms with Crippen LogP contribution in [0.1, 0.15) is 17.7 Å². The van der Waals surface area contributed by atoms with E-state index in [1.165, 1.54) is 11.1 Å². The first-order valence-electron chi connectivity index (χ1n) is 4.80. The van der Waals surface area contributed by atoms with Gasteiger partial charge in [-0.2, -0.15) is 0 Å². The van der Waals surface area contributed by atoms with Crippen LogP contribution in [0.5, 0.6) is 0 Å². The van der Waals surface area contributed by atoms with E-state index in [0.29, 0.717) is 5.15 Å². The highest BCUT2D eigenvalue weighted by Crippen LogP contribution is 2.22. The number of halogens is 1. The molecule has 2 heterocycles. The molecule has 0 aromatic carbocycles. The standard InChI is InChI=1S/C11H13ClN2/c1-8-6-10(7-11(12)14-8)9-2-4-13-5-3-9/h2,6-7,13H,3-5H2,1H3. The van der Waals surface area contributed by atoms with Gasteiger partial charge in [0, 0.05) is 12.2 Å². The summed E-state index contributed by atoms with van der Waals surface area (Å²) in [7, 11) is 0. The Hall–Kier alpha value is -0.860. The predicted octanol–water partition coefficient (Wildman–Crippen LogP) is 2.42. The molecule has 0 atom stereocenters. The molecule has 2 nitrogen and oxygen atoms in total. The number of hydrogen-bond acceptors (Lipinski definition) is 2. The second-order valence-corrected chi connectivity index (χ2v) is 3.89. The number of pyridine rings is 1. The van der Waals surface area contributed by atoms with Gasteiger partial charge in [0.15, 0.2) is 0 Å². The molecule has 0 saturated carbocycles. The predicted molar refractivity (Wildman–Crippen MR) is 59.4 cm³/mol. The molecule has 74 valence electrons. The van der Waals surface area contributed by atoms with E-state index in [1.807, 2.05) is 13.0 Å². The van der Waals surface area contributed by atoms with Crippen molar-refractivity contribution in [3.8, 4) is 0 Å². The van der Waals surface area contributed by atoms with Crippen LogP contribution >= 0.6 is 11.6 Å². The molecule has 0 fully saturated rings. The van der Waals surface area contributed by atoms with Gasteiger partial charge in [0.1, 0.15) is 5.15 Å². The van der Waals surface area contributed by atoms with Crippen molar-refractivity contribution in [2.24, 2.45) is 0 Å². The molecule has 0 spiro atoms. The van der Waals surface area contributed by atoms with Crippen molar-refractivity contribution in [1.29, 1.82) is 0 Å². The van der Waals surface area contributed by atoms with Crippen LogP contribution in [0.3, 0.4) is 0 Å². The Labute approximate surface area is 89.0 Å². The zero-order chi connectivity index (χ0) is 9.97. The van der Waals surface area contributed by atoms with Gasteiger partial charge in [-0.1, -0.05) is 17.7 Å². The normalized spacial score (nSPS) is 16.6. The summed E-state index contributed by atoms with van der Waals surface area (Å²) >= 11 is 5.92. The highest BCUT2D eigenvalue weighted by molar-refractivity contribution is 6.29. The summed E-state index contributed by atoms with van der Waals surface area (Å²) < 4.78 is 0. The molecule has 1 N–H and O–H groups in total. The fourth-order valence-corrected chi connectivity index (χ4v) is 1.95. The Morgan fingerprint density at radius 2 is 2.29 bits per heavy atom. The van der Waals surface area contributed by atoms with Crippen LogP contribution < -0.4 is 5.32 Å². The Morgan fingerprint density at radius 3 is 2.93 bits per heavy atom. The molecule has 0 aliphatic carbocycles. The average Bonchev–Trinajstić information content (AvgIpc) is 2.18. The first-order chi connectivity index (χ1) is 6.75. The Balaban J connectivity index is 2.35. The molecule has 3 heteroatoms. The molecule has 1 aromatic rings. The number of rotatable bonds is 1. The van der Waals surface area contributed by atoms with Crippen LogP contribution in [-0.2, 0) is 0 Å². The van der Waals surface area contributed by atoms with E-state index in [4.69, 9.17) is 11.6 Å². The highest BCUT2D eigenvalue weighted by Gasteiger charge is 2.07. The lowest BCUT2D eigenvalue weighted by Gasteiger charge is -2.14. The van der Waals surface area contributed by atoms with Crippen LogP contribution in [-0.4, -0.2) is 18.1 Å². The van der Waals surface area contributed by atoms with E-state index in [0.717, 1.165) is 25.2 Å². The summed E-state index contributed by atoms with van der Waals surface area (Å²) in [6, 6.07) is 4.02. The SMILES string of the molecule is Cc1cc(C2=CCNCC2)cc(Cl)n1. The van der Waals surface area contributed by atoms with Crippen molar-refractivity contribution < 1.29 is 0 Å². The van der Waals surface area contributed by atoms with Crippen molar-refractivity contribution in [3.05, 3.63) is 34.6 Å². The van der Waals surface area contributed by atoms with E-state index in [-0.39, 0.29) is 0 Å². The fourth-order valence-electron chi connectivity index (χ4n) is 1.70. The Morgan fingerprint density at radius 1 is 1.43 bits per heavy atom. The van der Waals surface area contributed by atoms with Gasteiger partial charge in [0.25, 0.3) is 0 Å². The molecule has 0 amide bonds. The largest absolute Gasteiger partial charge is 0.313 e. The minimum absolute atomic E-state index is 0.583. The quantitative estimate of drug-likeness (QED) is 0.718. The third-order valence-electron chi connectivity index (χ3n) is 2.36. The zero-order valence-corrected chi connectivity index (χ0v) is 8.93. The summed E-state index contributed by atoms with van der Waals surface area (Å²) in [5.74, 6) is 0. The van der Waals surface area contributed by atoms with Crippen molar-refractivity contribution >= 4 is 17.2 Å². The lowest BCUT2D eigenvalue weighted by molar-refractivity contribution is 0.738. The van der Waals surface area contributed by atoms with E-state index < -0.39 is 0 Å². The van der Waals surface area contributed by atoms with Gasteiger partial charge >= 0.3 is 0 Å². The van der Waals surface area contributed by atoms with Gasteiger partial charge in [-0.05, 0) is 43.2 Å². The lowest BCUT2D eigenvalue weighted by Crippen LogP contribution is -2.20. The molecule has 0 saturated heterocycles. The molecular formula is C11H13ClN2. The second-order valence-electron chi connectivity index (χ2n) is 3.50. The number of nitrogens with zero attached hydrogens (tertiary/aromatic N) is 1. The molecule has 2 rings (SSSR count). The zero-order valence-electron chi connectivity index (χ0n) is 8.18. The van der Waals surface area contributed by atoms with Crippen molar-refractivity contribution in [2.45, 2.75) is 13.3 Å². The maximum Gasteiger partial charge on any atom is 0.129 e. The van der Waals surface area contributed by atoms with Crippen LogP contribution in [0.2, 0.25) is 5.15 Å². The molecule has 0 unspecified atom stereocenters. The average molecular weight is 209 g/mol. The minimum Gasteiger partial charge on any atom is -0.313 e. The topological polar surface area (TPSA) is 24.9 Å². The maximum absolute atomic E-state index is 5.92. The van der Waals surface area contributed by atoms with Gasteiger partial charge in [0.05, 0.1) is 0 Å². The van der Waals surface area contributed by atoms with Gasteiger partial charge in [-0.25, -0.2) is 4.98 Å². The van der Waals surface area contributed by atoms with Crippen LogP contribution in [0.15, 0.2) is 18.2 Å². The summed E-state index contributed by atoms with van der Waals surface area (Å²) in [6.07, 6.45) is 3.29. The molecule has 1 aliphatic heterocycles. The van der Waals surface area contributed by atoms with Crippen molar-refractivity contribution in [1.82, 2.24) is 10.3 Å². The molecule has 0 radical (unpaired) electrons. The minimum atomic E-state index is 0.583. The van der Waals surface area contributed by atoms with Gasteiger partial charge in [0.2, 0.25) is 0 Å². The van der Waals surface area contributed by atoms with E-state index in [1.54, 1.807) is 0 Å². The van der Waals surface area contributed by atoms with Crippen LogP contribution in [0, 0.1) is 6.92 Å². The molecular weight excluding hydrogens is 196 g/mol. The third-order valence-corrected chi connectivity index (χ3v) is 2.55. The fraction of sp³-hybridized carbons (Fsp3) is 0.364. The number of aromatic nitrogens is 1. The van der Waals surface area contributed by atoms with Crippen molar-refractivity contribution in [3.63, 3.8) is 0 Å². The van der Waals surface area contributed by atoms with Crippen LogP contribution in [0.4, 0.5) is 0 Å². The number of nitrogens with one attached hydrogen (secondary N) is 1. The van der Waals surface area contributed by atoms with Gasteiger partial charge in [-0.15, -0.1) is 0 Å². The first kappa shape index (κ1) is 9.69. The Kier molecular flexibility index (Phi) is 2.85. The highest BCUT2D eigenvalue weighted by atomic mass is 35.5. The maximum atomic E-state index is 5.92. The second kappa shape index (κ2) is 4.11. The number of aryl methyl sites for hydroxylation is 1. The lowest BCUT2D eigenvalue weighted by atomic mass is 10.0. The van der Waals surface area contributed by atoms with Gasteiger partial charge in [-0.3, -0.25) is 0 Å². The van der Waals surface area contributed by atoms with E-state index >= 15 is 0 Å². The molecule has 14 heavy (non-hydrogen) atoms. The van der Waals surface area contributed by atoms with E-state index in [9.17, 15) is 0 Å². The Bertz CT molecular complexity index is 351. The molecule has 1 aromatic heterocycles. The monoisotopic (exact) mass is 208 g/mol.